The zero-order chi connectivity index (χ0) is 13.5. The minimum absolute atomic E-state index is 0.0361. The molecule has 1 rings (SSSR count). The number of piperidine rings is 1. The maximum Gasteiger partial charge on any atom is 0.245 e. The summed E-state index contributed by atoms with van der Waals surface area (Å²) in [4.78, 5) is 25.8. The fourth-order valence-corrected chi connectivity index (χ4v) is 2.32. The summed E-state index contributed by atoms with van der Waals surface area (Å²) < 4.78 is 0. The highest BCUT2D eigenvalue weighted by molar-refractivity contribution is 5.87. The van der Waals surface area contributed by atoms with E-state index in [0.717, 1.165) is 32.4 Å². The van der Waals surface area contributed by atoms with E-state index < -0.39 is 0 Å². The molecule has 4 nitrogen and oxygen atoms in total. The number of hydrogen-bond donors (Lipinski definition) is 1. The lowest BCUT2D eigenvalue weighted by Crippen LogP contribution is -2.50. The molecule has 0 unspecified atom stereocenters. The zero-order valence-electron chi connectivity index (χ0n) is 11.9. The van der Waals surface area contributed by atoms with Gasteiger partial charge in [0.05, 0.1) is 0 Å². The molecule has 1 saturated heterocycles. The number of rotatable bonds is 5. The second-order valence-corrected chi connectivity index (χ2v) is 5.49. The summed E-state index contributed by atoms with van der Waals surface area (Å²) in [6, 6.07) is -0.337. The first-order chi connectivity index (χ1) is 8.54. The summed E-state index contributed by atoms with van der Waals surface area (Å²) in [7, 11) is 0. The molecule has 0 radical (unpaired) electrons. The van der Waals surface area contributed by atoms with Crippen LogP contribution in [-0.4, -0.2) is 35.8 Å². The van der Waals surface area contributed by atoms with Gasteiger partial charge < -0.3 is 10.2 Å². The number of likely N-dealkylation sites (tertiary alicyclic amines) is 1. The Morgan fingerprint density at radius 3 is 2.28 bits per heavy atom. The number of hydrogen-bond acceptors (Lipinski definition) is 2. The Bertz CT molecular complexity index is 284. The monoisotopic (exact) mass is 254 g/mol. The van der Waals surface area contributed by atoms with Gasteiger partial charge in [0.1, 0.15) is 6.04 Å². The Balaban J connectivity index is 2.61. The highest BCUT2D eigenvalue weighted by Crippen LogP contribution is 2.13. The van der Waals surface area contributed by atoms with E-state index in [-0.39, 0.29) is 17.9 Å². The predicted octanol–water partition coefficient (Wildman–Crippen LogP) is 1.94. The van der Waals surface area contributed by atoms with E-state index in [2.05, 4.69) is 19.2 Å². The van der Waals surface area contributed by atoms with Crippen molar-refractivity contribution in [3.63, 3.8) is 0 Å². The highest BCUT2D eigenvalue weighted by atomic mass is 16.2. The van der Waals surface area contributed by atoms with E-state index in [1.807, 2.05) is 11.8 Å². The first-order valence-corrected chi connectivity index (χ1v) is 7.12. The number of nitrogens with zero attached hydrogens (tertiary/aromatic N) is 1. The molecule has 0 saturated carbocycles. The Labute approximate surface area is 110 Å². The molecule has 4 heteroatoms. The normalized spacial score (nSPS) is 17.7. The van der Waals surface area contributed by atoms with Gasteiger partial charge in [0.2, 0.25) is 11.8 Å². The van der Waals surface area contributed by atoms with Gasteiger partial charge in [0, 0.05) is 19.5 Å². The number of amides is 2. The molecule has 1 fully saturated rings. The van der Waals surface area contributed by atoms with Crippen molar-refractivity contribution in [3.8, 4) is 0 Å². The van der Waals surface area contributed by atoms with E-state index >= 15 is 0 Å². The van der Waals surface area contributed by atoms with Crippen LogP contribution in [0.1, 0.15) is 52.9 Å². The van der Waals surface area contributed by atoms with E-state index in [1.165, 1.54) is 6.42 Å². The molecule has 1 aliphatic rings. The highest BCUT2D eigenvalue weighted by Gasteiger charge is 2.27. The molecule has 1 atom stereocenters. The Morgan fingerprint density at radius 1 is 1.17 bits per heavy atom. The van der Waals surface area contributed by atoms with Gasteiger partial charge in [-0.3, -0.25) is 9.59 Å². The molecule has 0 aromatic carbocycles. The summed E-state index contributed by atoms with van der Waals surface area (Å²) >= 11 is 0. The van der Waals surface area contributed by atoms with Crippen molar-refractivity contribution in [2.24, 2.45) is 5.92 Å². The Kier molecular flexibility index (Phi) is 6.16. The lowest BCUT2D eigenvalue weighted by Gasteiger charge is -2.31. The summed E-state index contributed by atoms with van der Waals surface area (Å²) in [5.41, 5.74) is 0. The molecule has 1 aliphatic heterocycles. The second-order valence-electron chi connectivity index (χ2n) is 5.49. The van der Waals surface area contributed by atoms with Gasteiger partial charge in [0.25, 0.3) is 0 Å². The molecule has 0 aliphatic carbocycles. The average Bonchev–Trinajstić information content (AvgIpc) is 2.37. The van der Waals surface area contributed by atoms with Gasteiger partial charge in [0.15, 0.2) is 0 Å². The molecular formula is C14H26N2O2. The predicted molar refractivity (Wildman–Crippen MR) is 72.1 cm³/mol. The van der Waals surface area contributed by atoms with Crippen molar-refractivity contribution in [2.45, 2.75) is 58.9 Å². The molecule has 0 spiro atoms. The minimum Gasteiger partial charge on any atom is -0.344 e. The van der Waals surface area contributed by atoms with Crippen LogP contribution in [0.4, 0.5) is 0 Å². The van der Waals surface area contributed by atoms with Crippen molar-refractivity contribution < 1.29 is 9.59 Å². The van der Waals surface area contributed by atoms with Crippen LogP contribution < -0.4 is 5.32 Å². The van der Waals surface area contributed by atoms with Crippen LogP contribution in [0.15, 0.2) is 0 Å². The van der Waals surface area contributed by atoms with Gasteiger partial charge in [-0.25, -0.2) is 0 Å². The van der Waals surface area contributed by atoms with Gasteiger partial charge >= 0.3 is 0 Å². The molecule has 1 N–H and O–H groups in total. The molecule has 104 valence electrons. The summed E-state index contributed by atoms with van der Waals surface area (Å²) in [6.07, 6.45) is 4.53. The topological polar surface area (TPSA) is 49.4 Å². The Hall–Kier alpha value is -1.06. The van der Waals surface area contributed by atoms with Gasteiger partial charge in [-0.05, 0) is 31.6 Å². The van der Waals surface area contributed by atoms with Crippen LogP contribution in [0.25, 0.3) is 0 Å². The molecule has 2 amide bonds. The summed E-state index contributed by atoms with van der Waals surface area (Å²) in [5, 5.41) is 2.86. The summed E-state index contributed by atoms with van der Waals surface area (Å²) in [5.74, 6) is 0.470. The van der Waals surface area contributed by atoms with Crippen LogP contribution in [-0.2, 0) is 9.59 Å². The van der Waals surface area contributed by atoms with Gasteiger partial charge in [-0.2, -0.15) is 0 Å². The van der Waals surface area contributed by atoms with E-state index in [9.17, 15) is 9.59 Å². The fraction of sp³-hybridized carbons (Fsp3) is 0.857. The number of nitrogens with one attached hydrogen (secondary N) is 1. The van der Waals surface area contributed by atoms with Crippen molar-refractivity contribution in [1.29, 1.82) is 0 Å². The van der Waals surface area contributed by atoms with Crippen LogP contribution in [0, 0.1) is 5.92 Å². The SMILES string of the molecule is CCC(=O)N[C@@H](CC(C)C)C(=O)N1CCCCC1. The maximum absolute atomic E-state index is 12.4. The van der Waals surface area contributed by atoms with E-state index in [1.54, 1.807) is 0 Å². The van der Waals surface area contributed by atoms with E-state index in [0.29, 0.717) is 12.3 Å². The Morgan fingerprint density at radius 2 is 1.78 bits per heavy atom. The molecule has 1 heterocycles. The van der Waals surface area contributed by atoms with Crippen LogP contribution in [0.5, 0.6) is 0 Å². The lowest BCUT2D eigenvalue weighted by molar-refractivity contribution is -0.137. The minimum atomic E-state index is -0.337. The average molecular weight is 254 g/mol. The third-order valence-electron chi connectivity index (χ3n) is 3.33. The second kappa shape index (κ2) is 7.39. The van der Waals surface area contributed by atoms with Crippen LogP contribution in [0.2, 0.25) is 0 Å². The van der Waals surface area contributed by atoms with Crippen molar-refractivity contribution in [1.82, 2.24) is 10.2 Å². The smallest absolute Gasteiger partial charge is 0.245 e. The third kappa shape index (κ3) is 4.67. The lowest BCUT2D eigenvalue weighted by atomic mass is 10.0. The molecular weight excluding hydrogens is 228 g/mol. The van der Waals surface area contributed by atoms with Crippen molar-refractivity contribution in [3.05, 3.63) is 0 Å². The largest absolute Gasteiger partial charge is 0.344 e. The fourth-order valence-electron chi connectivity index (χ4n) is 2.32. The number of carbonyl (C=O) groups is 2. The number of carbonyl (C=O) groups excluding carboxylic acids is 2. The first-order valence-electron chi connectivity index (χ1n) is 7.12. The van der Waals surface area contributed by atoms with Gasteiger partial charge in [-0.1, -0.05) is 20.8 Å². The van der Waals surface area contributed by atoms with Crippen LogP contribution in [0.3, 0.4) is 0 Å². The first kappa shape index (κ1) is 15.0. The summed E-state index contributed by atoms with van der Waals surface area (Å²) in [6.45, 7) is 7.65. The van der Waals surface area contributed by atoms with Gasteiger partial charge in [-0.15, -0.1) is 0 Å². The van der Waals surface area contributed by atoms with Crippen molar-refractivity contribution in [2.75, 3.05) is 13.1 Å². The quantitative estimate of drug-likeness (QED) is 0.815. The standard InChI is InChI=1S/C14H26N2O2/c1-4-13(17)15-12(10-11(2)3)14(18)16-8-6-5-7-9-16/h11-12H,4-10H2,1-3H3,(H,15,17)/t12-/m0/s1. The molecule has 18 heavy (non-hydrogen) atoms. The van der Waals surface area contributed by atoms with E-state index in [4.69, 9.17) is 0 Å². The maximum atomic E-state index is 12.4. The molecule has 0 aromatic heterocycles. The third-order valence-corrected chi connectivity index (χ3v) is 3.33. The zero-order valence-corrected chi connectivity index (χ0v) is 11.9. The van der Waals surface area contributed by atoms with Crippen molar-refractivity contribution >= 4 is 11.8 Å². The van der Waals surface area contributed by atoms with Crippen LogP contribution >= 0.6 is 0 Å². The molecule has 0 bridgehead atoms. The molecule has 0 aromatic rings.